The summed E-state index contributed by atoms with van der Waals surface area (Å²) in [5.74, 6) is 0.862. The monoisotopic (exact) mass is 194 g/mol. The SMILES string of the molecule is Cc1cccc(C(C)C)c1OB(O)O. The second kappa shape index (κ2) is 4.48. The summed E-state index contributed by atoms with van der Waals surface area (Å²) in [6, 6.07) is 5.74. The van der Waals surface area contributed by atoms with E-state index >= 15 is 0 Å². The van der Waals surface area contributed by atoms with E-state index in [9.17, 15) is 0 Å². The van der Waals surface area contributed by atoms with E-state index in [-0.39, 0.29) is 0 Å². The molecular weight excluding hydrogens is 179 g/mol. The molecule has 0 atom stereocenters. The van der Waals surface area contributed by atoms with Crippen molar-refractivity contribution >= 4 is 7.32 Å². The van der Waals surface area contributed by atoms with Gasteiger partial charge < -0.3 is 14.7 Å². The molecule has 1 aromatic carbocycles. The van der Waals surface area contributed by atoms with E-state index in [0.29, 0.717) is 11.7 Å². The third-order valence-electron chi connectivity index (χ3n) is 2.09. The van der Waals surface area contributed by atoms with Crippen LogP contribution >= 0.6 is 0 Å². The Morgan fingerprint density at radius 2 is 1.93 bits per heavy atom. The van der Waals surface area contributed by atoms with Crippen molar-refractivity contribution in [2.24, 2.45) is 0 Å². The van der Waals surface area contributed by atoms with Gasteiger partial charge in [0.05, 0.1) is 0 Å². The molecule has 0 amide bonds. The normalized spacial score (nSPS) is 10.4. The van der Waals surface area contributed by atoms with Gasteiger partial charge in [0.15, 0.2) is 0 Å². The van der Waals surface area contributed by atoms with Gasteiger partial charge in [-0.25, -0.2) is 0 Å². The molecule has 0 saturated carbocycles. The van der Waals surface area contributed by atoms with Crippen LogP contribution in [0.25, 0.3) is 0 Å². The van der Waals surface area contributed by atoms with E-state index in [2.05, 4.69) is 0 Å². The molecule has 0 fully saturated rings. The molecule has 0 aliphatic heterocycles. The molecule has 0 unspecified atom stereocenters. The van der Waals surface area contributed by atoms with Gasteiger partial charge in [0.1, 0.15) is 5.75 Å². The Morgan fingerprint density at radius 1 is 1.29 bits per heavy atom. The second-order valence-electron chi connectivity index (χ2n) is 3.59. The maximum absolute atomic E-state index is 8.77. The zero-order valence-electron chi connectivity index (χ0n) is 8.69. The van der Waals surface area contributed by atoms with Gasteiger partial charge in [0.2, 0.25) is 0 Å². The Hall–Kier alpha value is -0.995. The highest BCUT2D eigenvalue weighted by Crippen LogP contribution is 2.29. The van der Waals surface area contributed by atoms with E-state index < -0.39 is 7.32 Å². The van der Waals surface area contributed by atoms with Crippen LogP contribution in [0.2, 0.25) is 0 Å². The maximum Gasteiger partial charge on any atom is 0.707 e. The van der Waals surface area contributed by atoms with Crippen LogP contribution in [0.4, 0.5) is 0 Å². The Labute approximate surface area is 84.5 Å². The molecule has 0 radical (unpaired) electrons. The lowest BCUT2D eigenvalue weighted by Crippen LogP contribution is -2.22. The summed E-state index contributed by atoms with van der Waals surface area (Å²) in [5, 5.41) is 17.5. The highest BCUT2D eigenvalue weighted by atomic mass is 16.6. The first-order valence-electron chi connectivity index (χ1n) is 4.64. The second-order valence-corrected chi connectivity index (χ2v) is 3.59. The minimum atomic E-state index is -1.76. The third kappa shape index (κ3) is 2.50. The molecule has 0 bridgehead atoms. The van der Waals surface area contributed by atoms with Crippen LogP contribution in [0.3, 0.4) is 0 Å². The van der Waals surface area contributed by atoms with E-state index in [1.54, 1.807) is 0 Å². The quantitative estimate of drug-likeness (QED) is 0.716. The Kier molecular flexibility index (Phi) is 3.55. The first kappa shape index (κ1) is 11.1. The summed E-state index contributed by atoms with van der Waals surface area (Å²) < 4.78 is 4.95. The minimum absolute atomic E-state index is 0.295. The predicted molar refractivity (Wildman–Crippen MR) is 56.1 cm³/mol. The molecule has 2 N–H and O–H groups in total. The highest BCUT2D eigenvalue weighted by molar-refractivity contribution is 6.33. The highest BCUT2D eigenvalue weighted by Gasteiger charge is 2.17. The lowest BCUT2D eigenvalue weighted by molar-refractivity contribution is 0.285. The molecule has 0 heterocycles. The standard InChI is InChI=1S/C10H15BO3/c1-7(2)9-6-4-5-8(3)10(9)14-11(12)13/h4-7,12-13H,1-3H3. The zero-order chi connectivity index (χ0) is 10.7. The van der Waals surface area contributed by atoms with Crippen LogP contribution in [0.15, 0.2) is 18.2 Å². The topological polar surface area (TPSA) is 49.7 Å². The van der Waals surface area contributed by atoms with Gasteiger partial charge in [-0.1, -0.05) is 32.0 Å². The van der Waals surface area contributed by atoms with Gasteiger partial charge >= 0.3 is 7.32 Å². The minimum Gasteiger partial charge on any atom is -0.512 e. The smallest absolute Gasteiger partial charge is 0.512 e. The molecular formula is C10H15BO3. The van der Waals surface area contributed by atoms with Gasteiger partial charge in [-0.2, -0.15) is 0 Å². The Bertz CT molecular complexity index is 310. The number of hydrogen-bond donors (Lipinski definition) is 2. The average Bonchev–Trinajstić information content (AvgIpc) is 2.07. The van der Waals surface area contributed by atoms with Crippen molar-refractivity contribution in [2.75, 3.05) is 0 Å². The molecule has 4 heteroatoms. The molecule has 76 valence electrons. The fourth-order valence-corrected chi connectivity index (χ4v) is 1.40. The summed E-state index contributed by atoms with van der Waals surface area (Å²) in [6.07, 6.45) is 0. The first-order valence-corrected chi connectivity index (χ1v) is 4.64. The van der Waals surface area contributed by atoms with Crippen LogP contribution in [0, 0.1) is 6.92 Å². The summed E-state index contributed by atoms with van der Waals surface area (Å²) >= 11 is 0. The number of hydrogen-bond acceptors (Lipinski definition) is 3. The molecule has 3 nitrogen and oxygen atoms in total. The van der Waals surface area contributed by atoms with Crippen molar-refractivity contribution in [1.82, 2.24) is 0 Å². The van der Waals surface area contributed by atoms with E-state index in [4.69, 9.17) is 14.7 Å². The summed E-state index contributed by atoms with van der Waals surface area (Å²) in [6.45, 7) is 5.94. The van der Waals surface area contributed by atoms with Crippen LogP contribution < -0.4 is 4.65 Å². The molecule has 0 aliphatic rings. The van der Waals surface area contributed by atoms with Gasteiger partial charge in [0.25, 0.3) is 0 Å². The molecule has 0 aliphatic carbocycles. The Morgan fingerprint density at radius 3 is 2.43 bits per heavy atom. The number of benzene rings is 1. The van der Waals surface area contributed by atoms with Crippen molar-refractivity contribution in [3.8, 4) is 5.75 Å². The van der Waals surface area contributed by atoms with Gasteiger partial charge in [0, 0.05) is 0 Å². The first-order chi connectivity index (χ1) is 6.52. The molecule has 1 rings (SSSR count). The lowest BCUT2D eigenvalue weighted by atomic mass is 9.99. The molecule has 0 spiro atoms. The van der Waals surface area contributed by atoms with Crippen molar-refractivity contribution in [3.63, 3.8) is 0 Å². The van der Waals surface area contributed by atoms with Gasteiger partial charge in [-0.3, -0.25) is 0 Å². The molecule has 14 heavy (non-hydrogen) atoms. The largest absolute Gasteiger partial charge is 0.707 e. The molecule has 0 saturated heterocycles. The number of para-hydroxylation sites is 1. The van der Waals surface area contributed by atoms with Crippen molar-refractivity contribution in [1.29, 1.82) is 0 Å². The third-order valence-corrected chi connectivity index (χ3v) is 2.09. The molecule has 1 aromatic rings. The van der Waals surface area contributed by atoms with Crippen molar-refractivity contribution in [2.45, 2.75) is 26.7 Å². The summed E-state index contributed by atoms with van der Waals surface area (Å²) in [7, 11) is -1.76. The predicted octanol–water partition coefficient (Wildman–Crippen LogP) is 1.47. The maximum atomic E-state index is 8.77. The van der Waals surface area contributed by atoms with E-state index in [0.717, 1.165) is 11.1 Å². The van der Waals surface area contributed by atoms with Crippen molar-refractivity contribution < 1.29 is 14.7 Å². The van der Waals surface area contributed by atoms with Crippen LogP contribution in [0.5, 0.6) is 5.75 Å². The van der Waals surface area contributed by atoms with E-state index in [1.807, 2.05) is 39.0 Å². The number of rotatable bonds is 3. The van der Waals surface area contributed by atoms with Gasteiger partial charge in [-0.15, -0.1) is 0 Å². The van der Waals surface area contributed by atoms with Crippen molar-refractivity contribution in [3.05, 3.63) is 29.3 Å². The lowest BCUT2D eigenvalue weighted by Gasteiger charge is -2.15. The Balaban J connectivity index is 3.09. The van der Waals surface area contributed by atoms with Crippen LogP contribution in [0.1, 0.15) is 30.9 Å². The summed E-state index contributed by atoms with van der Waals surface area (Å²) in [5.41, 5.74) is 1.89. The van der Waals surface area contributed by atoms with Crippen LogP contribution in [-0.2, 0) is 0 Å². The molecule has 0 aromatic heterocycles. The van der Waals surface area contributed by atoms with E-state index in [1.165, 1.54) is 0 Å². The fraction of sp³-hybridized carbons (Fsp3) is 0.400. The van der Waals surface area contributed by atoms with Gasteiger partial charge in [-0.05, 0) is 24.0 Å². The zero-order valence-corrected chi connectivity index (χ0v) is 8.69. The fourth-order valence-electron chi connectivity index (χ4n) is 1.40. The number of aryl methyl sites for hydroxylation is 1. The average molecular weight is 194 g/mol. The summed E-state index contributed by atoms with van der Waals surface area (Å²) in [4.78, 5) is 0. The van der Waals surface area contributed by atoms with Crippen LogP contribution in [-0.4, -0.2) is 17.4 Å².